The zero-order chi connectivity index (χ0) is 10.4. The van der Waals surface area contributed by atoms with Crippen LogP contribution in [-0.4, -0.2) is 60.6 Å². The molecule has 0 amide bonds. The summed E-state index contributed by atoms with van der Waals surface area (Å²) in [6.45, 7) is 4.89. The summed E-state index contributed by atoms with van der Waals surface area (Å²) >= 11 is 0. The van der Waals surface area contributed by atoms with Gasteiger partial charge in [-0.05, 0) is 7.05 Å². The SMILES string of the molecule is CN1CCN(CC#CCC(=O)O)CC1. The minimum absolute atomic E-state index is 0.0479. The second kappa shape index (κ2) is 5.63. The zero-order valence-corrected chi connectivity index (χ0v) is 8.49. The molecule has 0 atom stereocenters. The Morgan fingerprint density at radius 3 is 2.50 bits per heavy atom. The number of aliphatic carboxylic acids is 1. The molecule has 78 valence electrons. The Morgan fingerprint density at radius 1 is 1.29 bits per heavy atom. The van der Waals surface area contributed by atoms with Gasteiger partial charge in [0.25, 0.3) is 0 Å². The van der Waals surface area contributed by atoms with Crippen molar-refractivity contribution in [3.05, 3.63) is 0 Å². The van der Waals surface area contributed by atoms with Gasteiger partial charge in [0, 0.05) is 26.2 Å². The highest BCUT2D eigenvalue weighted by atomic mass is 16.4. The first-order valence-corrected chi connectivity index (χ1v) is 4.77. The van der Waals surface area contributed by atoms with Crippen molar-refractivity contribution >= 4 is 5.97 Å². The van der Waals surface area contributed by atoms with Crippen molar-refractivity contribution in [3.63, 3.8) is 0 Å². The normalized spacial score (nSPS) is 18.6. The molecule has 4 nitrogen and oxygen atoms in total. The van der Waals surface area contributed by atoms with Crippen LogP contribution in [0.2, 0.25) is 0 Å². The fraction of sp³-hybridized carbons (Fsp3) is 0.700. The molecule has 0 aromatic heterocycles. The van der Waals surface area contributed by atoms with Crippen molar-refractivity contribution in [2.75, 3.05) is 39.8 Å². The summed E-state index contributed by atoms with van der Waals surface area (Å²) in [6, 6.07) is 0. The van der Waals surface area contributed by atoms with Crippen LogP contribution in [0.1, 0.15) is 6.42 Å². The van der Waals surface area contributed by atoms with E-state index >= 15 is 0 Å². The van der Waals surface area contributed by atoms with Gasteiger partial charge in [0.15, 0.2) is 0 Å². The highest BCUT2D eigenvalue weighted by molar-refractivity contribution is 5.69. The van der Waals surface area contributed by atoms with Crippen LogP contribution in [0.25, 0.3) is 0 Å². The fourth-order valence-corrected chi connectivity index (χ4v) is 1.31. The summed E-state index contributed by atoms with van der Waals surface area (Å²) in [5, 5.41) is 8.36. The number of piperazine rings is 1. The number of hydrogen-bond donors (Lipinski definition) is 1. The Labute approximate surface area is 84.5 Å². The van der Waals surface area contributed by atoms with Gasteiger partial charge in [0.05, 0.1) is 6.54 Å². The first kappa shape index (κ1) is 11.0. The highest BCUT2D eigenvalue weighted by Gasteiger charge is 2.11. The predicted octanol–water partition coefficient (Wildman–Crippen LogP) is -0.288. The van der Waals surface area contributed by atoms with Crippen LogP contribution in [-0.2, 0) is 4.79 Å². The molecule has 0 spiro atoms. The van der Waals surface area contributed by atoms with Crippen LogP contribution in [0.15, 0.2) is 0 Å². The lowest BCUT2D eigenvalue weighted by Gasteiger charge is -2.30. The Kier molecular flexibility index (Phi) is 4.44. The molecule has 1 rings (SSSR count). The van der Waals surface area contributed by atoms with Crippen LogP contribution in [0.4, 0.5) is 0 Å². The van der Waals surface area contributed by atoms with Gasteiger partial charge in [-0.1, -0.05) is 11.8 Å². The van der Waals surface area contributed by atoms with Gasteiger partial charge in [0.1, 0.15) is 6.42 Å². The van der Waals surface area contributed by atoms with Gasteiger partial charge >= 0.3 is 5.97 Å². The van der Waals surface area contributed by atoms with Gasteiger partial charge in [-0.25, -0.2) is 0 Å². The maximum Gasteiger partial charge on any atom is 0.315 e. The maximum absolute atomic E-state index is 10.2. The second-order valence-electron chi connectivity index (χ2n) is 3.50. The largest absolute Gasteiger partial charge is 0.481 e. The minimum atomic E-state index is -0.851. The van der Waals surface area contributed by atoms with Crippen molar-refractivity contribution in [1.82, 2.24) is 9.80 Å². The van der Waals surface area contributed by atoms with E-state index in [9.17, 15) is 4.79 Å². The highest BCUT2D eigenvalue weighted by Crippen LogP contribution is 1.97. The quantitative estimate of drug-likeness (QED) is 0.616. The maximum atomic E-state index is 10.2. The van der Waals surface area contributed by atoms with Crippen molar-refractivity contribution in [2.45, 2.75) is 6.42 Å². The molecule has 0 aliphatic carbocycles. The van der Waals surface area contributed by atoms with Gasteiger partial charge < -0.3 is 10.0 Å². The molecule has 0 saturated carbocycles. The van der Waals surface area contributed by atoms with E-state index in [1.807, 2.05) is 0 Å². The third-order valence-corrected chi connectivity index (χ3v) is 2.26. The van der Waals surface area contributed by atoms with Crippen LogP contribution in [0.5, 0.6) is 0 Å². The minimum Gasteiger partial charge on any atom is -0.481 e. The summed E-state index contributed by atoms with van der Waals surface area (Å²) in [7, 11) is 2.10. The van der Waals surface area contributed by atoms with Crippen LogP contribution < -0.4 is 0 Å². The van der Waals surface area contributed by atoms with E-state index in [-0.39, 0.29) is 6.42 Å². The molecular formula is C10H16N2O2. The van der Waals surface area contributed by atoms with E-state index < -0.39 is 5.97 Å². The van der Waals surface area contributed by atoms with Crippen molar-refractivity contribution < 1.29 is 9.90 Å². The number of carboxylic acid groups (broad SMARTS) is 1. The number of carbonyl (C=O) groups is 1. The molecule has 0 unspecified atom stereocenters. The van der Waals surface area contributed by atoms with Crippen LogP contribution >= 0.6 is 0 Å². The summed E-state index contributed by atoms with van der Waals surface area (Å²) in [5.74, 6) is 4.67. The third-order valence-electron chi connectivity index (χ3n) is 2.26. The molecule has 1 aliphatic heterocycles. The lowest BCUT2D eigenvalue weighted by molar-refractivity contribution is -0.135. The number of hydrogen-bond acceptors (Lipinski definition) is 3. The summed E-state index contributed by atoms with van der Waals surface area (Å²) in [4.78, 5) is 14.7. The molecule has 1 N–H and O–H groups in total. The van der Waals surface area contributed by atoms with E-state index in [0.717, 1.165) is 26.2 Å². The average molecular weight is 196 g/mol. The smallest absolute Gasteiger partial charge is 0.315 e. The number of carboxylic acids is 1. The van der Waals surface area contributed by atoms with Crippen molar-refractivity contribution in [1.29, 1.82) is 0 Å². The molecular weight excluding hydrogens is 180 g/mol. The molecule has 1 aliphatic rings. The van der Waals surface area contributed by atoms with E-state index in [2.05, 4.69) is 28.7 Å². The Balaban J connectivity index is 2.17. The van der Waals surface area contributed by atoms with Crippen molar-refractivity contribution in [3.8, 4) is 11.8 Å². The molecule has 1 saturated heterocycles. The lowest BCUT2D eigenvalue weighted by Crippen LogP contribution is -2.44. The Hall–Kier alpha value is -1.05. The topological polar surface area (TPSA) is 43.8 Å². The molecule has 0 aromatic rings. The lowest BCUT2D eigenvalue weighted by atomic mass is 10.3. The molecule has 0 aromatic carbocycles. The molecule has 4 heteroatoms. The first-order valence-electron chi connectivity index (χ1n) is 4.77. The molecule has 1 fully saturated rings. The molecule has 1 heterocycles. The Morgan fingerprint density at radius 2 is 1.93 bits per heavy atom. The first-order chi connectivity index (χ1) is 6.68. The van der Waals surface area contributed by atoms with Gasteiger partial charge in [-0.15, -0.1) is 0 Å². The predicted molar refractivity (Wildman–Crippen MR) is 54.0 cm³/mol. The van der Waals surface area contributed by atoms with Gasteiger partial charge in [-0.3, -0.25) is 9.69 Å². The number of likely N-dealkylation sites (N-methyl/N-ethyl adjacent to an activating group) is 1. The average Bonchev–Trinajstić information content (AvgIpc) is 2.15. The second-order valence-corrected chi connectivity index (χ2v) is 3.50. The van der Waals surface area contributed by atoms with Gasteiger partial charge in [0.2, 0.25) is 0 Å². The van der Waals surface area contributed by atoms with E-state index in [1.54, 1.807) is 0 Å². The third kappa shape index (κ3) is 4.26. The summed E-state index contributed by atoms with van der Waals surface area (Å²) in [5.41, 5.74) is 0. The van der Waals surface area contributed by atoms with Crippen LogP contribution in [0, 0.1) is 11.8 Å². The molecule has 0 bridgehead atoms. The number of nitrogens with zero attached hydrogens (tertiary/aromatic N) is 2. The standard InChI is InChI=1S/C10H16N2O2/c1-11-6-8-12(9-7-11)5-3-2-4-10(13)14/h4-9H2,1H3,(H,13,14). The van der Waals surface area contributed by atoms with E-state index in [0.29, 0.717) is 6.54 Å². The van der Waals surface area contributed by atoms with E-state index in [4.69, 9.17) is 5.11 Å². The Bertz CT molecular complexity index is 247. The van der Waals surface area contributed by atoms with Crippen LogP contribution in [0.3, 0.4) is 0 Å². The molecule has 14 heavy (non-hydrogen) atoms. The van der Waals surface area contributed by atoms with Crippen molar-refractivity contribution in [2.24, 2.45) is 0 Å². The summed E-state index contributed by atoms with van der Waals surface area (Å²) < 4.78 is 0. The number of rotatable bonds is 2. The van der Waals surface area contributed by atoms with E-state index in [1.165, 1.54) is 0 Å². The zero-order valence-electron chi connectivity index (χ0n) is 8.49. The van der Waals surface area contributed by atoms with Gasteiger partial charge in [-0.2, -0.15) is 0 Å². The summed E-state index contributed by atoms with van der Waals surface area (Å²) in [6.07, 6.45) is -0.0479. The monoisotopic (exact) mass is 196 g/mol. The molecule has 0 radical (unpaired) electrons. The fourth-order valence-electron chi connectivity index (χ4n) is 1.31.